The Hall–Kier alpha value is -3.85. The first-order valence-corrected chi connectivity index (χ1v) is 9.18. The molecule has 0 aliphatic carbocycles. The molecule has 0 saturated heterocycles. The maximum Gasteiger partial charge on any atom is 0.272 e. The highest BCUT2D eigenvalue weighted by Crippen LogP contribution is 2.17. The number of hydrogen-bond donors (Lipinski definition) is 2. The summed E-state index contributed by atoms with van der Waals surface area (Å²) in [7, 11) is 0. The highest BCUT2D eigenvalue weighted by atomic mass is 32.1. The molecule has 9 heteroatoms. The highest BCUT2D eigenvalue weighted by Gasteiger charge is 2.16. The number of nitro groups is 1. The predicted octanol–water partition coefficient (Wildman–Crippen LogP) is 4.21. The molecule has 7 nitrogen and oxygen atoms in total. The van der Waals surface area contributed by atoms with E-state index in [-0.39, 0.29) is 17.1 Å². The van der Waals surface area contributed by atoms with Crippen molar-refractivity contribution in [2.45, 2.75) is 0 Å². The summed E-state index contributed by atoms with van der Waals surface area (Å²) in [4.78, 5) is 35.9. The van der Waals surface area contributed by atoms with Gasteiger partial charge in [0.2, 0.25) is 0 Å². The number of nitrogens with one attached hydrogen (secondary N) is 2. The zero-order valence-electron chi connectivity index (χ0n) is 14.8. The topological polar surface area (TPSA) is 101 Å². The average molecular weight is 411 g/mol. The number of benzene rings is 2. The van der Waals surface area contributed by atoms with Crippen LogP contribution < -0.4 is 10.6 Å². The van der Waals surface area contributed by atoms with Gasteiger partial charge in [-0.05, 0) is 41.3 Å². The third-order valence-electron chi connectivity index (χ3n) is 3.71. The number of anilines is 1. The van der Waals surface area contributed by atoms with E-state index in [9.17, 15) is 24.1 Å². The maximum atomic E-state index is 13.4. The molecule has 0 aliphatic heterocycles. The van der Waals surface area contributed by atoms with Crippen LogP contribution >= 0.6 is 11.3 Å². The Morgan fingerprint density at radius 1 is 1.07 bits per heavy atom. The van der Waals surface area contributed by atoms with E-state index >= 15 is 0 Å². The van der Waals surface area contributed by atoms with Gasteiger partial charge in [0.15, 0.2) is 0 Å². The van der Waals surface area contributed by atoms with E-state index in [4.69, 9.17) is 0 Å². The summed E-state index contributed by atoms with van der Waals surface area (Å²) >= 11 is 1.19. The van der Waals surface area contributed by atoms with Gasteiger partial charge in [0, 0.05) is 17.8 Å². The monoisotopic (exact) mass is 411 g/mol. The largest absolute Gasteiger partial charge is 0.321 e. The second kappa shape index (κ2) is 8.89. The van der Waals surface area contributed by atoms with Gasteiger partial charge in [-0.3, -0.25) is 19.7 Å². The number of nitrogens with zero attached hydrogens (tertiary/aromatic N) is 1. The van der Waals surface area contributed by atoms with Crippen molar-refractivity contribution in [3.63, 3.8) is 0 Å². The van der Waals surface area contributed by atoms with Crippen molar-refractivity contribution in [2.75, 3.05) is 5.32 Å². The quantitative estimate of drug-likeness (QED) is 0.360. The SMILES string of the molecule is O=C(Nc1cccc(F)c1)/C(=C/c1cccc([N+](=O)[O-])c1)NC(=O)c1cccs1. The molecule has 1 heterocycles. The minimum Gasteiger partial charge on any atom is -0.321 e. The molecule has 0 saturated carbocycles. The molecule has 2 aromatic carbocycles. The second-order valence-electron chi connectivity index (χ2n) is 5.81. The number of non-ortho nitro benzene ring substituents is 1. The van der Waals surface area contributed by atoms with Crippen molar-refractivity contribution >= 4 is 40.6 Å². The van der Waals surface area contributed by atoms with Gasteiger partial charge in [0.05, 0.1) is 9.80 Å². The Morgan fingerprint density at radius 2 is 1.86 bits per heavy atom. The molecule has 0 atom stereocenters. The molecule has 0 aliphatic rings. The van der Waals surface area contributed by atoms with E-state index in [2.05, 4.69) is 10.6 Å². The van der Waals surface area contributed by atoms with Gasteiger partial charge in [-0.1, -0.05) is 24.3 Å². The van der Waals surface area contributed by atoms with Gasteiger partial charge in [-0.15, -0.1) is 11.3 Å². The summed E-state index contributed by atoms with van der Waals surface area (Å²) in [5.41, 5.74) is 0.238. The lowest BCUT2D eigenvalue weighted by molar-refractivity contribution is -0.384. The number of thiophene rings is 1. The van der Waals surface area contributed by atoms with Crippen molar-refractivity contribution in [3.05, 3.63) is 98.1 Å². The van der Waals surface area contributed by atoms with Crippen molar-refractivity contribution < 1.29 is 18.9 Å². The standard InChI is InChI=1S/C20H14FN3O4S/c21-14-5-2-6-15(12-14)22-19(25)17(23-20(26)18-8-3-9-29-18)11-13-4-1-7-16(10-13)24(27)28/h1-12H,(H,22,25)(H,23,26)/b17-11-. The summed E-state index contributed by atoms with van der Waals surface area (Å²) in [6.07, 6.45) is 1.31. The van der Waals surface area contributed by atoms with E-state index in [1.54, 1.807) is 23.6 Å². The normalized spacial score (nSPS) is 11.0. The lowest BCUT2D eigenvalue weighted by Crippen LogP contribution is -2.30. The minimum atomic E-state index is -0.702. The lowest BCUT2D eigenvalue weighted by atomic mass is 10.1. The number of carbonyl (C=O) groups excluding carboxylic acids is 2. The van der Waals surface area contributed by atoms with E-state index < -0.39 is 22.6 Å². The molecule has 0 unspecified atom stereocenters. The van der Waals surface area contributed by atoms with Crippen LogP contribution in [0, 0.1) is 15.9 Å². The Bertz CT molecular complexity index is 1100. The zero-order valence-corrected chi connectivity index (χ0v) is 15.6. The average Bonchev–Trinajstić information content (AvgIpc) is 3.22. The molecule has 2 amide bonds. The van der Waals surface area contributed by atoms with Crippen molar-refractivity contribution in [1.82, 2.24) is 5.32 Å². The lowest BCUT2D eigenvalue weighted by Gasteiger charge is -2.11. The fourth-order valence-electron chi connectivity index (χ4n) is 2.41. The third-order valence-corrected chi connectivity index (χ3v) is 4.58. The molecule has 0 radical (unpaired) electrons. The number of nitro benzene ring substituents is 1. The van der Waals surface area contributed by atoms with Crippen LogP contribution in [0.4, 0.5) is 15.8 Å². The molecular formula is C20H14FN3O4S. The zero-order chi connectivity index (χ0) is 20.8. The molecule has 1 aromatic heterocycles. The van der Waals surface area contributed by atoms with Crippen LogP contribution in [-0.4, -0.2) is 16.7 Å². The predicted molar refractivity (Wildman–Crippen MR) is 108 cm³/mol. The molecule has 0 spiro atoms. The number of amides is 2. The summed E-state index contributed by atoms with van der Waals surface area (Å²) in [5.74, 6) is -1.74. The van der Waals surface area contributed by atoms with Crippen LogP contribution in [0.3, 0.4) is 0 Å². The maximum absolute atomic E-state index is 13.4. The molecule has 29 heavy (non-hydrogen) atoms. The van der Waals surface area contributed by atoms with Crippen molar-refractivity contribution in [2.24, 2.45) is 0 Å². The van der Waals surface area contributed by atoms with E-state index in [1.807, 2.05) is 0 Å². The fraction of sp³-hybridized carbons (Fsp3) is 0. The molecule has 0 bridgehead atoms. The minimum absolute atomic E-state index is 0.145. The van der Waals surface area contributed by atoms with Crippen LogP contribution in [-0.2, 0) is 4.79 Å². The van der Waals surface area contributed by atoms with Gasteiger partial charge in [-0.2, -0.15) is 0 Å². The van der Waals surface area contributed by atoms with Gasteiger partial charge in [-0.25, -0.2) is 4.39 Å². The van der Waals surface area contributed by atoms with Gasteiger partial charge in [0.25, 0.3) is 17.5 Å². The van der Waals surface area contributed by atoms with Gasteiger partial charge < -0.3 is 10.6 Å². The van der Waals surface area contributed by atoms with E-state index in [0.29, 0.717) is 10.4 Å². The Morgan fingerprint density at radius 3 is 2.55 bits per heavy atom. The highest BCUT2D eigenvalue weighted by molar-refractivity contribution is 7.12. The van der Waals surface area contributed by atoms with Crippen molar-refractivity contribution in [1.29, 1.82) is 0 Å². The molecule has 146 valence electrons. The van der Waals surface area contributed by atoms with E-state index in [0.717, 1.165) is 6.07 Å². The van der Waals surface area contributed by atoms with Gasteiger partial charge >= 0.3 is 0 Å². The number of carbonyl (C=O) groups is 2. The summed E-state index contributed by atoms with van der Waals surface area (Å²) in [6, 6.07) is 14.2. The first-order valence-electron chi connectivity index (χ1n) is 8.30. The molecule has 3 aromatic rings. The fourth-order valence-corrected chi connectivity index (χ4v) is 3.03. The van der Waals surface area contributed by atoms with Crippen molar-refractivity contribution in [3.8, 4) is 0 Å². The molecule has 2 N–H and O–H groups in total. The number of rotatable bonds is 6. The number of hydrogen-bond acceptors (Lipinski definition) is 5. The Balaban J connectivity index is 1.92. The van der Waals surface area contributed by atoms with E-state index in [1.165, 1.54) is 53.8 Å². The molecule has 3 rings (SSSR count). The summed E-state index contributed by atoms with van der Waals surface area (Å²) in [6.45, 7) is 0. The van der Waals surface area contributed by atoms with Crippen LogP contribution in [0.25, 0.3) is 6.08 Å². The first-order chi connectivity index (χ1) is 13.9. The van der Waals surface area contributed by atoms with Crippen LogP contribution in [0.15, 0.2) is 71.7 Å². The second-order valence-corrected chi connectivity index (χ2v) is 6.75. The van der Waals surface area contributed by atoms with Crippen LogP contribution in [0.2, 0.25) is 0 Å². The van der Waals surface area contributed by atoms with Crippen LogP contribution in [0.5, 0.6) is 0 Å². The molecule has 0 fully saturated rings. The third kappa shape index (κ3) is 5.33. The van der Waals surface area contributed by atoms with Crippen LogP contribution in [0.1, 0.15) is 15.2 Å². The molecular weight excluding hydrogens is 397 g/mol. The Labute approximate surface area is 168 Å². The smallest absolute Gasteiger partial charge is 0.272 e. The Kier molecular flexibility index (Phi) is 6.10. The summed E-state index contributed by atoms with van der Waals surface area (Å²) < 4.78 is 13.4. The first kappa shape index (κ1) is 19.9. The number of halogens is 1. The van der Waals surface area contributed by atoms with Gasteiger partial charge in [0.1, 0.15) is 11.5 Å². The summed E-state index contributed by atoms with van der Waals surface area (Å²) in [5, 5.41) is 17.7.